The molecule has 0 aliphatic heterocycles. The second kappa shape index (κ2) is 6.30. The number of aryl methyl sites for hydroxylation is 2. The maximum Gasteiger partial charge on any atom is 0.419 e. The zero-order valence-electron chi connectivity index (χ0n) is 13.9. The maximum absolute atomic E-state index is 12.7. The van der Waals surface area contributed by atoms with Gasteiger partial charge in [-0.25, -0.2) is 13.2 Å². The summed E-state index contributed by atoms with van der Waals surface area (Å²) in [5.41, 5.74) is 0.902. The lowest BCUT2D eigenvalue weighted by atomic mass is 10.2. The summed E-state index contributed by atoms with van der Waals surface area (Å²) in [7, 11) is -4.03. The van der Waals surface area contributed by atoms with Gasteiger partial charge in [-0.3, -0.25) is 19.4 Å². The second-order valence-corrected chi connectivity index (χ2v) is 7.26. The molecule has 0 saturated carbocycles. The molecular weight excluding hydrogens is 362 g/mol. The molecule has 26 heavy (non-hydrogen) atoms. The first-order chi connectivity index (χ1) is 12.2. The number of hydrogen-bond donors (Lipinski definition) is 1. The first-order valence-corrected chi connectivity index (χ1v) is 9.12. The van der Waals surface area contributed by atoms with Crippen LogP contribution in [0.15, 0.2) is 50.5 Å². The topological polar surface area (TPSA) is 124 Å². The number of sulfonamides is 1. The largest absolute Gasteiger partial charge is 0.419 e. The monoisotopic (exact) mass is 377 g/mol. The van der Waals surface area contributed by atoms with Crippen molar-refractivity contribution in [1.29, 1.82) is 0 Å². The molecule has 1 heterocycles. The minimum Gasteiger partial charge on any atom is -0.408 e. The summed E-state index contributed by atoms with van der Waals surface area (Å²) in [5, 5.41) is 10.8. The van der Waals surface area contributed by atoms with Crippen molar-refractivity contribution in [2.24, 2.45) is 0 Å². The summed E-state index contributed by atoms with van der Waals surface area (Å²) in [6, 6.07) is 8.01. The Hall–Kier alpha value is -3.14. The van der Waals surface area contributed by atoms with Crippen LogP contribution in [0.1, 0.15) is 12.5 Å². The molecule has 0 saturated heterocycles. The molecule has 0 bridgehead atoms. The van der Waals surface area contributed by atoms with Gasteiger partial charge in [-0.1, -0.05) is 6.07 Å². The maximum atomic E-state index is 12.7. The van der Waals surface area contributed by atoms with E-state index in [9.17, 15) is 23.3 Å². The van der Waals surface area contributed by atoms with E-state index in [4.69, 9.17) is 4.42 Å². The first kappa shape index (κ1) is 17.7. The van der Waals surface area contributed by atoms with E-state index in [1.165, 1.54) is 28.8 Å². The second-order valence-electron chi connectivity index (χ2n) is 5.61. The van der Waals surface area contributed by atoms with E-state index in [1.807, 2.05) is 0 Å². The van der Waals surface area contributed by atoms with Crippen molar-refractivity contribution in [2.45, 2.75) is 25.3 Å². The zero-order valence-corrected chi connectivity index (χ0v) is 14.7. The van der Waals surface area contributed by atoms with Crippen LogP contribution < -0.4 is 10.5 Å². The number of hydrogen-bond acceptors (Lipinski definition) is 6. The van der Waals surface area contributed by atoms with Crippen molar-refractivity contribution in [3.63, 3.8) is 0 Å². The van der Waals surface area contributed by atoms with Gasteiger partial charge in [-0.2, -0.15) is 0 Å². The quantitative estimate of drug-likeness (QED) is 0.538. The molecule has 0 unspecified atom stereocenters. The summed E-state index contributed by atoms with van der Waals surface area (Å²) in [6.45, 7) is 3.77. The SMILES string of the molecule is CCn1c(=O)oc2cc(S(=O)(=O)Nc3cccc([N+](=O)[O-])c3)c(C)cc21. The molecule has 1 aromatic heterocycles. The molecule has 0 spiro atoms. The van der Waals surface area contributed by atoms with Gasteiger partial charge >= 0.3 is 5.76 Å². The average Bonchev–Trinajstić information content (AvgIpc) is 2.88. The number of oxazole rings is 1. The van der Waals surface area contributed by atoms with Crippen molar-refractivity contribution >= 4 is 32.5 Å². The van der Waals surface area contributed by atoms with Gasteiger partial charge in [0.05, 0.1) is 21.0 Å². The lowest BCUT2D eigenvalue weighted by Gasteiger charge is -2.10. The Balaban J connectivity index is 2.07. The number of benzene rings is 2. The van der Waals surface area contributed by atoms with Crippen LogP contribution in [-0.2, 0) is 16.6 Å². The Labute approximate surface area is 148 Å². The number of aromatic nitrogens is 1. The Morgan fingerprint density at radius 1 is 1.27 bits per heavy atom. The fourth-order valence-corrected chi connectivity index (χ4v) is 3.97. The molecular formula is C16H15N3O6S. The lowest BCUT2D eigenvalue weighted by molar-refractivity contribution is -0.384. The highest BCUT2D eigenvalue weighted by Gasteiger charge is 2.21. The van der Waals surface area contributed by atoms with Gasteiger partial charge in [0.1, 0.15) is 0 Å². The van der Waals surface area contributed by atoms with Crippen LogP contribution in [-0.4, -0.2) is 17.9 Å². The molecule has 0 aliphatic carbocycles. The van der Waals surface area contributed by atoms with E-state index in [2.05, 4.69) is 4.72 Å². The van der Waals surface area contributed by atoms with E-state index in [-0.39, 0.29) is 21.9 Å². The summed E-state index contributed by atoms with van der Waals surface area (Å²) in [6.07, 6.45) is 0. The van der Waals surface area contributed by atoms with E-state index < -0.39 is 20.7 Å². The highest BCUT2D eigenvalue weighted by atomic mass is 32.2. The number of fused-ring (bicyclic) bond motifs is 1. The highest BCUT2D eigenvalue weighted by molar-refractivity contribution is 7.92. The van der Waals surface area contributed by atoms with Gasteiger partial charge in [-0.15, -0.1) is 0 Å². The number of nitrogens with zero attached hydrogens (tertiary/aromatic N) is 2. The predicted molar refractivity (Wildman–Crippen MR) is 94.8 cm³/mol. The van der Waals surface area contributed by atoms with Crippen molar-refractivity contribution < 1.29 is 17.8 Å². The third-order valence-electron chi connectivity index (χ3n) is 3.88. The first-order valence-electron chi connectivity index (χ1n) is 7.64. The van der Waals surface area contributed by atoms with Crippen LogP contribution in [0.4, 0.5) is 11.4 Å². The molecule has 0 amide bonds. The number of nitrogens with one attached hydrogen (secondary N) is 1. The van der Waals surface area contributed by atoms with Crippen LogP contribution in [0.5, 0.6) is 0 Å². The standard InChI is InChI=1S/C16H15N3O6S/c1-3-18-13-7-10(2)15(9-14(13)25-16(18)20)26(23,24)17-11-5-4-6-12(8-11)19(21)22/h4-9,17H,3H2,1-2H3. The number of non-ortho nitro benzene ring substituents is 1. The van der Waals surface area contributed by atoms with E-state index in [0.717, 1.165) is 6.07 Å². The summed E-state index contributed by atoms with van der Waals surface area (Å²) >= 11 is 0. The van der Waals surface area contributed by atoms with Gasteiger partial charge in [0.2, 0.25) is 0 Å². The molecule has 0 radical (unpaired) electrons. The predicted octanol–water partition coefficient (Wildman–Crippen LogP) is 2.63. The Morgan fingerprint density at radius 3 is 2.65 bits per heavy atom. The molecule has 0 fully saturated rings. The molecule has 10 heteroatoms. The van der Waals surface area contributed by atoms with Gasteiger partial charge in [-0.05, 0) is 31.5 Å². The molecule has 136 valence electrons. The molecule has 1 N–H and O–H groups in total. The van der Waals surface area contributed by atoms with Crippen LogP contribution >= 0.6 is 0 Å². The Kier molecular flexibility index (Phi) is 4.28. The average molecular weight is 377 g/mol. The fraction of sp³-hybridized carbons (Fsp3) is 0.188. The third-order valence-corrected chi connectivity index (χ3v) is 5.40. The lowest BCUT2D eigenvalue weighted by Crippen LogP contribution is -2.15. The molecule has 0 aliphatic rings. The summed E-state index contributed by atoms with van der Waals surface area (Å²) in [4.78, 5) is 21.9. The molecule has 9 nitrogen and oxygen atoms in total. The van der Waals surface area contributed by atoms with Gasteiger partial charge in [0.25, 0.3) is 15.7 Å². The minimum absolute atomic E-state index is 0.0614. The van der Waals surface area contributed by atoms with E-state index in [1.54, 1.807) is 19.9 Å². The molecule has 2 aromatic carbocycles. The summed E-state index contributed by atoms with van der Waals surface area (Å²) in [5.74, 6) is -0.567. The summed E-state index contributed by atoms with van der Waals surface area (Å²) < 4.78 is 34.2. The van der Waals surface area contributed by atoms with Crippen molar-refractivity contribution in [3.05, 3.63) is 62.6 Å². The minimum atomic E-state index is -4.03. The Bertz CT molecular complexity index is 1180. The van der Waals surface area contributed by atoms with Crippen molar-refractivity contribution in [2.75, 3.05) is 4.72 Å². The molecule has 0 atom stereocenters. The van der Waals surface area contributed by atoms with Crippen LogP contribution in [0, 0.1) is 17.0 Å². The van der Waals surface area contributed by atoms with Gasteiger partial charge in [0.15, 0.2) is 5.58 Å². The third kappa shape index (κ3) is 3.06. The Morgan fingerprint density at radius 2 is 2.00 bits per heavy atom. The van der Waals surface area contributed by atoms with E-state index in [0.29, 0.717) is 17.6 Å². The zero-order chi connectivity index (χ0) is 19.1. The van der Waals surface area contributed by atoms with Crippen molar-refractivity contribution in [3.8, 4) is 0 Å². The van der Waals surface area contributed by atoms with Crippen LogP contribution in [0.3, 0.4) is 0 Å². The normalized spacial score (nSPS) is 11.6. The van der Waals surface area contributed by atoms with Crippen LogP contribution in [0.25, 0.3) is 11.1 Å². The smallest absolute Gasteiger partial charge is 0.408 e. The highest BCUT2D eigenvalue weighted by Crippen LogP contribution is 2.26. The van der Waals surface area contributed by atoms with Gasteiger partial charge in [0, 0.05) is 24.7 Å². The number of anilines is 1. The number of rotatable bonds is 5. The molecule has 3 rings (SSSR count). The van der Waals surface area contributed by atoms with E-state index >= 15 is 0 Å². The fourth-order valence-electron chi connectivity index (χ4n) is 2.68. The van der Waals surface area contributed by atoms with Crippen molar-refractivity contribution in [1.82, 2.24) is 4.57 Å². The number of nitro groups is 1. The van der Waals surface area contributed by atoms with Crippen LogP contribution in [0.2, 0.25) is 0 Å². The molecule has 3 aromatic rings. The number of nitro benzene ring substituents is 1. The van der Waals surface area contributed by atoms with Gasteiger partial charge < -0.3 is 4.42 Å².